The minimum Gasteiger partial charge on any atom is -0.444 e. The third kappa shape index (κ3) is 7.61. The van der Waals surface area contributed by atoms with Crippen molar-refractivity contribution in [3.8, 4) is 0 Å². The van der Waals surface area contributed by atoms with Gasteiger partial charge in [0.2, 0.25) is 0 Å². The van der Waals surface area contributed by atoms with Crippen LogP contribution >= 0.6 is 0 Å². The number of ether oxygens (including phenoxy) is 2. The topological polar surface area (TPSA) is 145 Å². The normalized spacial score (nSPS) is 16.1. The summed E-state index contributed by atoms with van der Waals surface area (Å²) in [6, 6.07) is 12.3. The van der Waals surface area contributed by atoms with Gasteiger partial charge in [0, 0.05) is 0 Å². The molecule has 0 bridgehead atoms. The Hall–Kier alpha value is -3.28. The van der Waals surface area contributed by atoms with E-state index >= 15 is 0 Å². The number of hydrogen-bond donors (Lipinski definition) is 2. The molecule has 3 N–H and O–H groups in total. The van der Waals surface area contributed by atoms with Crippen molar-refractivity contribution in [1.82, 2.24) is 9.62 Å². The van der Waals surface area contributed by atoms with E-state index in [0.29, 0.717) is 42.2 Å². The highest BCUT2D eigenvalue weighted by molar-refractivity contribution is 7.89. The van der Waals surface area contributed by atoms with Crippen molar-refractivity contribution in [2.45, 2.75) is 62.6 Å². The van der Waals surface area contributed by atoms with Crippen molar-refractivity contribution in [1.29, 1.82) is 0 Å². The van der Waals surface area contributed by atoms with Gasteiger partial charge in [-0.2, -0.15) is 4.31 Å². The van der Waals surface area contributed by atoms with E-state index in [0.717, 1.165) is 12.0 Å². The van der Waals surface area contributed by atoms with E-state index in [9.17, 15) is 22.8 Å². The molecule has 0 unspecified atom stereocenters. The molecule has 3 rings (SSSR count). The third-order valence-electron chi connectivity index (χ3n) is 6.00. The fourth-order valence-corrected chi connectivity index (χ4v) is 5.42. The predicted octanol–water partition coefficient (Wildman–Crippen LogP) is 2.64. The Bertz CT molecular complexity index is 1160. The van der Waals surface area contributed by atoms with Crippen LogP contribution in [0.4, 0.5) is 4.79 Å². The van der Waals surface area contributed by atoms with Crippen LogP contribution in [-0.4, -0.2) is 55.9 Å². The highest BCUT2D eigenvalue weighted by Crippen LogP contribution is 2.24. The molecule has 2 atom stereocenters. The number of nitrogens with one attached hydrogen (secondary N) is 1. The number of nitrogens with two attached hydrogens (primary N) is 1. The van der Waals surface area contributed by atoms with Gasteiger partial charge >= 0.3 is 18.0 Å². The number of hydrogen-bond acceptors (Lipinski definition) is 9. The van der Waals surface area contributed by atoms with E-state index in [4.69, 9.17) is 15.2 Å². The number of amides is 1. The van der Waals surface area contributed by atoms with Crippen LogP contribution in [0.15, 0.2) is 59.5 Å². The van der Waals surface area contributed by atoms with Gasteiger partial charge in [-0.05, 0) is 69.8 Å². The summed E-state index contributed by atoms with van der Waals surface area (Å²) >= 11 is 0. The van der Waals surface area contributed by atoms with E-state index in [1.165, 1.54) is 12.1 Å². The minimum absolute atomic E-state index is 0.0903. The molecule has 1 aliphatic heterocycles. The summed E-state index contributed by atoms with van der Waals surface area (Å²) in [5.41, 5.74) is 7.03. The zero-order valence-corrected chi connectivity index (χ0v) is 21.6. The number of carbonyl (C=O) groups is 3. The summed E-state index contributed by atoms with van der Waals surface area (Å²) in [6.07, 6.45) is 0.692. The van der Waals surface area contributed by atoms with Gasteiger partial charge in [-0.3, -0.25) is 0 Å². The molecule has 200 valence electrons. The number of esters is 2. The number of sulfonamides is 1. The van der Waals surface area contributed by atoms with E-state index < -0.39 is 40.1 Å². The minimum atomic E-state index is -4.56. The first-order valence-corrected chi connectivity index (χ1v) is 13.7. The molecule has 1 saturated heterocycles. The quantitative estimate of drug-likeness (QED) is 0.254. The molecule has 0 radical (unpaired) electrons. The van der Waals surface area contributed by atoms with Crippen LogP contribution in [0.5, 0.6) is 0 Å². The first kappa shape index (κ1) is 28.3. The molecular weight excluding hydrogens is 498 g/mol. The van der Waals surface area contributed by atoms with E-state index in [-0.39, 0.29) is 17.9 Å². The second kappa shape index (κ2) is 13.3. The van der Waals surface area contributed by atoms with Crippen LogP contribution in [0.1, 0.15) is 43.2 Å². The Morgan fingerprint density at radius 3 is 2.41 bits per heavy atom. The van der Waals surface area contributed by atoms with Gasteiger partial charge in [0.1, 0.15) is 18.7 Å². The summed E-state index contributed by atoms with van der Waals surface area (Å²) in [5.74, 6) is -1.94. The molecule has 37 heavy (non-hydrogen) atoms. The molecule has 1 amide bonds. The average Bonchev–Trinajstić information content (AvgIpc) is 3.43. The molecule has 0 spiro atoms. The molecule has 1 heterocycles. The van der Waals surface area contributed by atoms with Crippen molar-refractivity contribution < 1.29 is 32.3 Å². The maximum Gasteiger partial charge on any atom is 0.425 e. The number of benzene rings is 2. The Kier molecular flexibility index (Phi) is 10.2. The van der Waals surface area contributed by atoms with E-state index in [1.807, 2.05) is 0 Å². The van der Waals surface area contributed by atoms with Crippen molar-refractivity contribution in [3.63, 3.8) is 0 Å². The predicted molar refractivity (Wildman–Crippen MR) is 136 cm³/mol. The maximum atomic E-state index is 13.7. The Labute approximate surface area is 217 Å². The largest absolute Gasteiger partial charge is 0.444 e. The van der Waals surface area contributed by atoms with E-state index in [2.05, 4.69) is 5.32 Å². The van der Waals surface area contributed by atoms with Crippen LogP contribution in [0.25, 0.3) is 0 Å². The molecule has 10 nitrogen and oxygen atoms in total. The fraction of sp³-hybridized carbons (Fsp3) is 0.423. The average molecular weight is 532 g/mol. The van der Waals surface area contributed by atoms with Crippen LogP contribution in [0, 0.1) is 6.92 Å². The van der Waals surface area contributed by atoms with Crippen LogP contribution in [0.2, 0.25) is 0 Å². The molecule has 2 aromatic rings. The van der Waals surface area contributed by atoms with Gasteiger partial charge in [-0.1, -0.05) is 48.0 Å². The summed E-state index contributed by atoms with van der Waals surface area (Å²) in [5, 5.41) is 2.94. The van der Waals surface area contributed by atoms with Gasteiger partial charge in [0.25, 0.3) is 10.0 Å². The summed E-state index contributed by atoms with van der Waals surface area (Å²) in [6.45, 7) is 2.48. The highest BCUT2D eigenvalue weighted by Gasteiger charge is 2.43. The standard InChI is InChI=1S/C26H33N3O7S/c1-19-12-14-21(15-13-19)37(33,34)29(26(32)35-18-20-8-3-2-4-9-20)23(11-5-6-16-27)25(31)36-24(30)22-10-7-17-28-22/h2-4,8-9,12-15,22-23,28H,5-7,10-11,16-18,27H2,1H3/t22-,23-/m0/s1. The molecule has 1 fully saturated rings. The number of nitrogens with zero attached hydrogens (tertiary/aromatic N) is 1. The molecule has 0 aromatic heterocycles. The lowest BCUT2D eigenvalue weighted by atomic mass is 10.1. The summed E-state index contributed by atoms with van der Waals surface area (Å²) in [7, 11) is -4.56. The highest BCUT2D eigenvalue weighted by atomic mass is 32.2. The van der Waals surface area contributed by atoms with Crippen molar-refractivity contribution in [3.05, 3.63) is 65.7 Å². The van der Waals surface area contributed by atoms with E-state index in [1.54, 1.807) is 49.4 Å². The van der Waals surface area contributed by atoms with Crippen molar-refractivity contribution in [2.75, 3.05) is 13.1 Å². The van der Waals surface area contributed by atoms with Gasteiger partial charge in [0.05, 0.1) is 4.90 Å². The first-order valence-electron chi connectivity index (χ1n) is 12.2. The smallest absolute Gasteiger partial charge is 0.425 e. The first-order chi connectivity index (χ1) is 17.7. The maximum absolute atomic E-state index is 13.7. The Morgan fingerprint density at radius 2 is 1.78 bits per heavy atom. The van der Waals surface area contributed by atoms with Crippen molar-refractivity contribution >= 4 is 28.1 Å². The summed E-state index contributed by atoms with van der Waals surface area (Å²) < 4.78 is 38.3. The Balaban J connectivity index is 1.95. The Morgan fingerprint density at radius 1 is 1.08 bits per heavy atom. The molecule has 2 aromatic carbocycles. The SMILES string of the molecule is Cc1ccc(S(=O)(=O)N(C(=O)OCc2ccccc2)[C@@H](CCCCN)C(=O)OC(=O)[C@@H]2CCCN2)cc1. The monoisotopic (exact) mass is 531 g/mol. The number of aryl methyl sites for hydroxylation is 1. The second-order valence-electron chi connectivity index (χ2n) is 8.84. The summed E-state index contributed by atoms with van der Waals surface area (Å²) in [4.78, 5) is 38.9. The lowest BCUT2D eigenvalue weighted by molar-refractivity contribution is -0.163. The number of unbranched alkanes of at least 4 members (excludes halogenated alkanes) is 1. The molecule has 0 aliphatic carbocycles. The van der Waals surface area contributed by atoms with Gasteiger partial charge in [-0.25, -0.2) is 22.8 Å². The fourth-order valence-electron chi connectivity index (χ4n) is 3.94. The van der Waals surface area contributed by atoms with Gasteiger partial charge in [0.15, 0.2) is 0 Å². The second-order valence-corrected chi connectivity index (χ2v) is 10.7. The lowest BCUT2D eigenvalue weighted by Gasteiger charge is -2.29. The molecular formula is C26H33N3O7S. The zero-order chi connectivity index (χ0) is 26.8. The zero-order valence-electron chi connectivity index (χ0n) is 20.8. The van der Waals surface area contributed by atoms with Crippen LogP contribution in [0.3, 0.4) is 0 Å². The molecule has 11 heteroatoms. The lowest BCUT2D eigenvalue weighted by Crippen LogP contribution is -2.50. The van der Waals surface area contributed by atoms with Crippen molar-refractivity contribution in [2.24, 2.45) is 5.73 Å². The van der Waals surface area contributed by atoms with Crippen LogP contribution < -0.4 is 11.1 Å². The van der Waals surface area contributed by atoms with Gasteiger partial charge < -0.3 is 20.5 Å². The van der Waals surface area contributed by atoms with Crippen LogP contribution in [-0.2, 0) is 35.7 Å². The molecule has 0 saturated carbocycles. The number of rotatable bonds is 11. The van der Waals surface area contributed by atoms with Gasteiger partial charge in [-0.15, -0.1) is 0 Å². The molecule has 1 aliphatic rings. The number of carbonyl (C=O) groups excluding carboxylic acids is 3. The third-order valence-corrected chi connectivity index (χ3v) is 7.79.